The van der Waals surface area contributed by atoms with Gasteiger partial charge in [-0.1, -0.05) is 13.8 Å². The number of carbonyl (C=O) groups is 1. The molecule has 0 radical (unpaired) electrons. The summed E-state index contributed by atoms with van der Waals surface area (Å²) in [7, 11) is 0. The summed E-state index contributed by atoms with van der Waals surface area (Å²) in [5.41, 5.74) is -0.710. The summed E-state index contributed by atoms with van der Waals surface area (Å²) in [4.78, 5) is 13.7. The lowest BCUT2D eigenvalue weighted by atomic mass is 9.88. The van der Waals surface area contributed by atoms with Crippen molar-refractivity contribution in [2.75, 3.05) is 39.3 Å². The van der Waals surface area contributed by atoms with E-state index < -0.39 is 11.5 Å². The van der Waals surface area contributed by atoms with Crippen molar-refractivity contribution in [3.8, 4) is 0 Å². The average Bonchev–Trinajstić information content (AvgIpc) is 2.35. The van der Waals surface area contributed by atoms with Crippen molar-refractivity contribution in [2.45, 2.75) is 32.2 Å². The van der Waals surface area contributed by atoms with E-state index in [0.717, 1.165) is 39.3 Å². The Hall–Kier alpha value is -0.650. The van der Waals surface area contributed by atoms with E-state index in [9.17, 15) is 9.90 Å². The maximum absolute atomic E-state index is 11.4. The number of rotatable bonds is 7. The first-order valence-electron chi connectivity index (χ1n) is 6.56. The lowest BCUT2D eigenvalue weighted by molar-refractivity contribution is -0.146. The van der Waals surface area contributed by atoms with E-state index >= 15 is 0 Å². The number of piperidine rings is 1. The van der Waals surface area contributed by atoms with Gasteiger partial charge in [0.25, 0.3) is 0 Å². The number of aliphatic carboxylic acids is 1. The van der Waals surface area contributed by atoms with Gasteiger partial charge in [0.1, 0.15) is 5.54 Å². The molecule has 1 saturated heterocycles. The highest BCUT2D eigenvalue weighted by molar-refractivity contribution is 5.79. The van der Waals surface area contributed by atoms with Crippen LogP contribution in [0.4, 0.5) is 0 Å². The maximum Gasteiger partial charge on any atom is 0.323 e. The lowest BCUT2D eigenvalue weighted by Gasteiger charge is -2.35. The molecule has 17 heavy (non-hydrogen) atoms. The zero-order valence-corrected chi connectivity index (χ0v) is 11.0. The fourth-order valence-electron chi connectivity index (χ4n) is 2.31. The van der Waals surface area contributed by atoms with Gasteiger partial charge in [-0.15, -0.1) is 0 Å². The largest absolute Gasteiger partial charge is 0.480 e. The number of hydrogen-bond acceptors (Lipinski definition) is 4. The standard InChI is InChI=1S/C12H25N3O2/c1-3-15(4-2)10-9-14-12(11(16)17)5-7-13-8-6-12/h13-14H,3-10H2,1-2H3,(H,16,17). The zero-order chi connectivity index (χ0) is 12.7. The van der Waals surface area contributed by atoms with Crippen LogP contribution in [-0.4, -0.2) is 60.8 Å². The van der Waals surface area contributed by atoms with E-state index in [-0.39, 0.29) is 0 Å². The second-order valence-corrected chi connectivity index (χ2v) is 4.59. The van der Waals surface area contributed by atoms with Gasteiger partial charge in [-0.05, 0) is 39.0 Å². The van der Waals surface area contributed by atoms with Crippen molar-refractivity contribution in [3.05, 3.63) is 0 Å². The molecule has 0 aliphatic carbocycles. The predicted octanol–water partition coefficient (Wildman–Crippen LogP) is 0.125. The van der Waals surface area contributed by atoms with E-state index in [2.05, 4.69) is 29.4 Å². The molecule has 0 amide bonds. The molecule has 0 bridgehead atoms. The van der Waals surface area contributed by atoms with Crippen molar-refractivity contribution in [1.82, 2.24) is 15.5 Å². The summed E-state index contributed by atoms with van der Waals surface area (Å²) in [6, 6.07) is 0. The summed E-state index contributed by atoms with van der Waals surface area (Å²) < 4.78 is 0. The van der Waals surface area contributed by atoms with E-state index in [4.69, 9.17) is 0 Å². The van der Waals surface area contributed by atoms with Gasteiger partial charge in [0.2, 0.25) is 0 Å². The van der Waals surface area contributed by atoms with Crippen molar-refractivity contribution in [1.29, 1.82) is 0 Å². The Balaban J connectivity index is 2.42. The van der Waals surface area contributed by atoms with Gasteiger partial charge >= 0.3 is 5.97 Å². The third-order valence-corrected chi connectivity index (χ3v) is 3.65. The van der Waals surface area contributed by atoms with Crippen LogP contribution in [0.15, 0.2) is 0 Å². The number of hydrogen-bond donors (Lipinski definition) is 3. The number of nitrogens with zero attached hydrogens (tertiary/aromatic N) is 1. The molecule has 3 N–H and O–H groups in total. The summed E-state index contributed by atoms with van der Waals surface area (Å²) >= 11 is 0. The molecule has 1 fully saturated rings. The smallest absolute Gasteiger partial charge is 0.323 e. The maximum atomic E-state index is 11.4. The van der Waals surface area contributed by atoms with E-state index in [1.54, 1.807) is 0 Å². The Morgan fingerprint density at radius 2 is 1.94 bits per heavy atom. The minimum atomic E-state index is -0.710. The number of likely N-dealkylation sites (N-methyl/N-ethyl adjacent to an activating group) is 1. The van der Waals surface area contributed by atoms with Crippen LogP contribution < -0.4 is 10.6 Å². The van der Waals surface area contributed by atoms with Crippen molar-refractivity contribution in [3.63, 3.8) is 0 Å². The third-order valence-electron chi connectivity index (χ3n) is 3.65. The molecule has 5 heteroatoms. The van der Waals surface area contributed by atoms with Gasteiger partial charge in [0.05, 0.1) is 0 Å². The lowest BCUT2D eigenvalue weighted by Crippen LogP contribution is -2.58. The fraction of sp³-hybridized carbons (Fsp3) is 0.917. The zero-order valence-electron chi connectivity index (χ0n) is 11.0. The van der Waals surface area contributed by atoms with Crippen molar-refractivity contribution in [2.24, 2.45) is 0 Å². The van der Waals surface area contributed by atoms with Crippen LogP contribution in [-0.2, 0) is 4.79 Å². The molecule has 0 aromatic rings. The van der Waals surface area contributed by atoms with E-state index in [1.165, 1.54) is 0 Å². The number of nitrogens with one attached hydrogen (secondary N) is 2. The molecule has 0 saturated carbocycles. The highest BCUT2D eigenvalue weighted by Gasteiger charge is 2.38. The quantitative estimate of drug-likeness (QED) is 0.593. The Kier molecular flexibility index (Phi) is 5.88. The van der Waals surface area contributed by atoms with E-state index in [0.29, 0.717) is 12.8 Å². The van der Waals surface area contributed by atoms with Crippen molar-refractivity contribution < 1.29 is 9.90 Å². The van der Waals surface area contributed by atoms with Gasteiger partial charge in [0, 0.05) is 13.1 Å². The summed E-state index contributed by atoms with van der Waals surface area (Å²) in [5, 5.41) is 15.8. The monoisotopic (exact) mass is 243 g/mol. The second-order valence-electron chi connectivity index (χ2n) is 4.59. The molecule has 0 aromatic carbocycles. The van der Waals surface area contributed by atoms with Gasteiger partial charge in [-0.3, -0.25) is 4.79 Å². The Bertz CT molecular complexity index is 236. The number of carboxylic acid groups (broad SMARTS) is 1. The average molecular weight is 243 g/mol. The van der Waals surface area contributed by atoms with Crippen LogP contribution in [0.5, 0.6) is 0 Å². The Labute approximate surface area is 104 Å². The molecule has 100 valence electrons. The normalized spacial score (nSPS) is 19.5. The van der Waals surface area contributed by atoms with Gasteiger partial charge in [-0.25, -0.2) is 0 Å². The predicted molar refractivity (Wildman–Crippen MR) is 68.3 cm³/mol. The van der Waals surface area contributed by atoms with Crippen LogP contribution >= 0.6 is 0 Å². The summed E-state index contributed by atoms with van der Waals surface area (Å²) in [6.07, 6.45) is 1.33. The molecular formula is C12H25N3O2. The van der Waals surface area contributed by atoms with Crippen LogP contribution in [0.25, 0.3) is 0 Å². The highest BCUT2D eigenvalue weighted by atomic mass is 16.4. The molecule has 0 spiro atoms. The second kappa shape index (κ2) is 6.93. The molecule has 0 aromatic heterocycles. The molecule has 0 atom stereocenters. The summed E-state index contributed by atoms with van der Waals surface area (Å²) in [6.45, 7) is 9.50. The van der Waals surface area contributed by atoms with Gasteiger partial charge < -0.3 is 20.6 Å². The Morgan fingerprint density at radius 3 is 2.41 bits per heavy atom. The first kappa shape index (κ1) is 14.4. The van der Waals surface area contributed by atoms with Gasteiger partial charge in [-0.2, -0.15) is 0 Å². The van der Waals surface area contributed by atoms with Crippen LogP contribution in [0.2, 0.25) is 0 Å². The minimum absolute atomic E-state index is 0.667. The van der Waals surface area contributed by atoms with Crippen molar-refractivity contribution >= 4 is 5.97 Å². The molecular weight excluding hydrogens is 218 g/mol. The summed E-state index contributed by atoms with van der Waals surface area (Å²) in [5.74, 6) is -0.710. The van der Waals surface area contributed by atoms with Gasteiger partial charge in [0.15, 0.2) is 0 Å². The van der Waals surface area contributed by atoms with E-state index in [1.807, 2.05) is 0 Å². The van der Waals surface area contributed by atoms with Crippen LogP contribution in [0, 0.1) is 0 Å². The molecule has 5 nitrogen and oxygen atoms in total. The minimum Gasteiger partial charge on any atom is -0.480 e. The molecule has 1 rings (SSSR count). The number of carboxylic acids is 1. The van der Waals surface area contributed by atoms with Crippen LogP contribution in [0.1, 0.15) is 26.7 Å². The topological polar surface area (TPSA) is 64.6 Å². The molecule has 0 unspecified atom stereocenters. The SMILES string of the molecule is CCN(CC)CCNC1(C(=O)O)CCNCC1. The molecule has 1 aliphatic rings. The molecule has 1 aliphatic heterocycles. The van der Waals surface area contributed by atoms with Crippen LogP contribution in [0.3, 0.4) is 0 Å². The fourth-order valence-corrected chi connectivity index (χ4v) is 2.31. The molecule has 1 heterocycles. The first-order valence-corrected chi connectivity index (χ1v) is 6.56. The third kappa shape index (κ3) is 3.94. The Morgan fingerprint density at radius 1 is 1.35 bits per heavy atom. The highest BCUT2D eigenvalue weighted by Crippen LogP contribution is 2.18. The first-order chi connectivity index (χ1) is 8.14.